The zero-order valence-corrected chi connectivity index (χ0v) is 7.80. The molecule has 0 fully saturated rings. The molecule has 0 N–H and O–H groups in total. The van der Waals surface area contributed by atoms with Gasteiger partial charge in [0, 0.05) is 27.2 Å². The van der Waals surface area contributed by atoms with E-state index in [0.29, 0.717) is 4.47 Å². The maximum absolute atomic E-state index is 10.4. The Morgan fingerprint density at radius 2 is 2.23 bits per heavy atom. The van der Waals surface area contributed by atoms with E-state index in [9.17, 15) is 10.1 Å². The van der Waals surface area contributed by atoms with Gasteiger partial charge in [-0.1, -0.05) is 21.0 Å². The molecule has 0 amide bonds. The van der Waals surface area contributed by atoms with Gasteiger partial charge >= 0.3 is 0 Å². The van der Waals surface area contributed by atoms with Crippen molar-refractivity contribution in [2.45, 2.75) is 0 Å². The molecular formula is C6H3BrN4O2. The van der Waals surface area contributed by atoms with Gasteiger partial charge < -0.3 is 0 Å². The summed E-state index contributed by atoms with van der Waals surface area (Å²) in [5.74, 6) is 0. The molecule has 1 aromatic rings. The molecule has 1 aromatic carbocycles. The molecule has 0 unspecified atom stereocenters. The van der Waals surface area contributed by atoms with Crippen LogP contribution < -0.4 is 0 Å². The van der Waals surface area contributed by atoms with Gasteiger partial charge in [-0.15, -0.1) is 0 Å². The van der Waals surface area contributed by atoms with Crippen LogP contribution in [0.25, 0.3) is 10.4 Å². The fourth-order valence-electron chi connectivity index (χ4n) is 0.774. The Morgan fingerprint density at radius 3 is 2.77 bits per heavy atom. The van der Waals surface area contributed by atoms with Crippen molar-refractivity contribution in [3.8, 4) is 0 Å². The quantitative estimate of drug-likeness (QED) is 0.262. The summed E-state index contributed by atoms with van der Waals surface area (Å²) in [5, 5.41) is 13.6. The highest BCUT2D eigenvalue weighted by atomic mass is 79.9. The number of nitrogens with zero attached hydrogens (tertiary/aromatic N) is 4. The predicted octanol–water partition coefficient (Wildman–Crippen LogP) is 3.30. The van der Waals surface area contributed by atoms with Gasteiger partial charge in [0.1, 0.15) is 0 Å². The molecule has 13 heavy (non-hydrogen) atoms. The number of rotatable bonds is 2. The van der Waals surface area contributed by atoms with Crippen molar-refractivity contribution < 1.29 is 4.92 Å². The minimum atomic E-state index is -0.554. The molecule has 0 radical (unpaired) electrons. The van der Waals surface area contributed by atoms with Gasteiger partial charge in [-0.25, -0.2) is 0 Å². The molecule has 0 saturated heterocycles. The number of hydrogen-bond acceptors (Lipinski definition) is 3. The highest BCUT2D eigenvalue weighted by Crippen LogP contribution is 2.26. The van der Waals surface area contributed by atoms with Crippen LogP contribution in [0.1, 0.15) is 0 Å². The van der Waals surface area contributed by atoms with Crippen molar-refractivity contribution in [3.63, 3.8) is 0 Å². The zero-order chi connectivity index (χ0) is 9.84. The molecule has 66 valence electrons. The van der Waals surface area contributed by atoms with Gasteiger partial charge in [-0.3, -0.25) is 10.1 Å². The monoisotopic (exact) mass is 242 g/mol. The highest BCUT2D eigenvalue weighted by molar-refractivity contribution is 9.10. The van der Waals surface area contributed by atoms with E-state index in [1.165, 1.54) is 18.2 Å². The molecule has 0 heterocycles. The number of benzene rings is 1. The lowest BCUT2D eigenvalue weighted by Crippen LogP contribution is -1.86. The molecule has 0 bridgehead atoms. The van der Waals surface area contributed by atoms with E-state index in [0.717, 1.165) is 0 Å². The fourth-order valence-corrected chi connectivity index (χ4v) is 1.24. The number of halogens is 1. The third-order valence-electron chi connectivity index (χ3n) is 1.24. The Labute approximate surface area is 81.1 Å². The summed E-state index contributed by atoms with van der Waals surface area (Å²) in [6.45, 7) is 0. The third kappa shape index (κ3) is 2.43. The second-order valence-electron chi connectivity index (χ2n) is 2.11. The van der Waals surface area contributed by atoms with E-state index < -0.39 is 4.92 Å². The largest absolute Gasteiger partial charge is 0.271 e. The number of hydrogen-bond donors (Lipinski definition) is 0. The van der Waals surface area contributed by atoms with Crippen molar-refractivity contribution in [3.05, 3.63) is 43.2 Å². The average molecular weight is 243 g/mol. The van der Waals surface area contributed by atoms with E-state index in [1.807, 2.05) is 0 Å². The first-order chi connectivity index (χ1) is 6.13. The lowest BCUT2D eigenvalue weighted by Gasteiger charge is -1.94. The summed E-state index contributed by atoms with van der Waals surface area (Å²) >= 11 is 3.06. The van der Waals surface area contributed by atoms with E-state index in [2.05, 4.69) is 26.0 Å². The van der Waals surface area contributed by atoms with Crippen LogP contribution in [0.3, 0.4) is 0 Å². The molecule has 0 aliphatic heterocycles. The number of nitro benzene ring substituents is 1. The summed E-state index contributed by atoms with van der Waals surface area (Å²) in [5.41, 5.74) is 8.21. The standard InChI is InChI=1S/C6H3BrN4O2/c7-4-1-5(9-10-8)3-6(2-4)11(12)13/h1-3H. The van der Waals surface area contributed by atoms with Crippen molar-refractivity contribution >= 4 is 27.3 Å². The van der Waals surface area contributed by atoms with Crippen LogP contribution in [0.5, 0.6) is 0 Å². The second kappa shape index (κ2) is 3.88. The van der Waals surface area contributed by atoms with E-state index in [1.54, 1.807) is 0 Å². The number of non-ortho nitro benzene ring substituents is 1. The lowest BCUT2D eigenvalue weighted by molar-refractivity contribution is -0.384. The summed E-state index contributed by atoms with van der Waals surface area (Å²) in [6, 6.07) is 4.02. The molecule has 0 aromatic heterocycles. The minimum Gasteiger partial charge on any atom is -0.258 e. The molecular weight excluding hydrogens is 240 g/mol. The minimum absolute atomic E-state index is 0.114. The Bertz CT molecular complexity index is 379. The van der Waals surface area contributed by atoms with Crippen LogP contribution in [0.4, 0.5) is 11.4 Å². The van der Waals surface area contributed by atoms with Gasteiger partial charge in [-0.05, 0) is 11.6 Å². The first kappa shape index (κ1) is 9.50. The number of azide groups is 1. The number of nitro groups is 1. The van der Waals surface area contributed by atoms with Crippen molar-refractivity contribution in [2.24, 2.45) is 5.11 Å². The lowest BCUT2D eigenvalue weighted by atomic mass is 10.3. The highest BCUT2D eigenvalue weighted by Gasteiger charge is 2.07. The molecule has 0 aliphatic carbocycles. The summed E-state index contributed by atoms with van der Waals surface area (Å²) in [4.78, 5) is 12.3. The van der Waals surface area contributed by atoms with Gasteiger partial charge in [0.15, 0.2) is 0 Å². The topological polar surface area (TPSA) is 91.9 Å². The van der Waals surface area contributed by atoms with Gasteiger partial charge in [-0.2, -0.15) is 0 Å². The first-order valence-electron chi connectivity index (χ1n) is 3.13. The Hall–Kier alpha value is -1.59. The molecule has 0 spiro atoms. The predicted molar refractivity (Wildman–Crippen MR) is 49.6 cm³/mol. The van der Waals surface area contributed by atoms with Gasteiger partial charge in [0.25, 0.3) is 5.69 Å². The molecule has 0 saturated carbocycles. The van der Waals surface area contributed by atoms with E-state index >= 15 is 0 Å². The normalized spacial score (nSPS) is 9.00. The smallest absolute Gasteiger partial charge is 0.258 e. The first-order valence-corrected chi connectivity index (χ1v) is 3.93. The SMILES string of the molecule is [N-]=[N+]=Nc1cc(Br)cc([N+](=O)[O-])c1. The summed E-state index contributed by atoms with van der Waals surface area (Å²) in [7, 11) is 0. The molecule has 6 nitrogen and oxygen atoms in total. The fraction of sp³-hybridized carbons (Fsp3) is 0. The van der Waals surface area contributed by atoms with Crippen LogP contribution in [-0.2, 0) is 0 Å². The second-order valence-corrected chi connectivity index (χ2v) is 3.03. The van der Waals surface area contributed by atoms with Crippen molar-refractivity contribution in [1.29, 1.82) is 0 Å². The van der Waals surface area contributed by atoms with Crippen LogP contribution >= 0.6 is 15.9 Å². The van der Waals surface area contributed by atoms with E-state index in [4.69, 9.17) is 5.53 Å². The summed E-state index contributed by atoms with van der Waals surface area (Å²) in [6.07, 6.45) is 0. The zero-order valence-electron chi connectivity index (χ0n) is 6.22. The Balaban J connectivity index is 3.26. The van der Waals surface area contributed by atoms with Crippen molar-refractivity contribution in [1.82, 2.24) is 0 Å². The molecule has 7 heteroatoms. The maximum Gasteiger partial charge on any atom is 0.271 e. The molecule has 0 atom stereocenters. The molecule has 1 rings (SSSR count). The van der Waals surface area contributed by atoms with Crippen molar-refractivity contribution in [2.75, 3.05) is 0 Å². The van der Waals surface area contributed by atoms with Crippen LogP contribution in [-0.4, -0.2) is 4.92 Å². The summed E-state index contributed by atoms with van der Waals surface area (Å²) < 4.78 is 0.504. The Morgan fingerprint density at radius 1 is 1.54 bits per heavy atom. The Kier molecular flexibility index (Phi) is 2.84. The third-order valence-corrected chi connectivity index (χ3v) is 1.70. The van der Waals surface area contributed by atoms with Crippen LogP contribution in [0.2, 0.25) is 0 Å². The average Bonchev–Trinajstić information content (AvgIpc) is 2.03. The molecule has 0 aliphatic rings. The van der Waals surface area contributed by atoms with Gasteiger partial charge in [0.05, 0.1) is 4.92 Å². The van der Waals surface area contributed by atoms with Crippen LogP contribution in [0, 0.1) is 10.1 Å². The van der Waals surface area contributed by atoms with E-state index in [-0.39, 0.29) is 11.4 Å². The van der Waals surface area contributed by atoms with Gasteiger partial charge in [0.2, 0.25) is 0 Å². The maximum atomic E-state index is 10.4. The van der Waals surface area contributed by atoms with Crippen LogP contribution in [0.15, 0.2) is 27.8 Å².